The van der Waals surface area contributed by atoms with Gasteiger partial charge in [0.05, 0.1) is 6.42 Å². The number of nitrogens with one attached hydrogen (secondary N) is 2. The predicted octanol–water partition coefficient (Wildman–Crippen LogP) is 2.35. The zero-order valence-electron chi connectivity index (χ0n) is 12.8. The van der Waals surface area contributed by atoms with Crippen molar-refractivity contribution in [3.05, 3.63) is 11.9 Å². The molecule has 1 heterocycles. The summed E-state index contributed by atoms with van der Waals surface area (Å²) in [6, 6.07) is -0.0684. The number of hydrogen-bond donors (Lipinski definition) is 3. The van der Waals surface area contributed by atoms with E-state index < -0.39 is 31.3 Å². The Morgan fingerprint density at radius 2 is 1.75 bits per heavy atom. The van der Waals surface area contributed by atoms with Gasteiger partial charge in [-0.3, -0.25) is 5.41 Å². The standard InChI is InChI=1S/C13H20F6N4O/c14-12(15,16)3-6-23-4-1-9(2-5-23)22-7-10(20)11(21)24-8-13(17,18)19/h7,9,21-22H,1-6,8,20H2/b10-7+,21-11?. The van der Waals surface area contributed by atoms with Crippen molar-refractivity contribution in [2.75, 3.05) is 26.2 Å². The van der Waals surface area contributed by atoms with E-state index in [1.165, 1.54) is 6.20 Å². The molecule has 5 nitrogen and oxygen atoms in total. The van der Waals surface area contributed by atoms with Crippen LogP contribution in [0.5, 0.6) is 0 Å². The zero-order chi connectivity index (χ0) is 18.4. The van der Waals surface area contributed by atoms with Gasteiger partial charge in [-0.05, 0) is 12.8 Å². The van der Waals surface area contributed by atoms with E-state index in [9.17, 15) is 26.3 Å². The largest absolute Gasteiger partial charge is 0.467 e. The van der Waals surface area contributed by atoms with Crippen LogP contribution in [0.1, 0.15) is 19.3 Å². The first-order chi connectivity index (χ1) is 11.0. The fourth-order valence-corrected chi connectivity index (χ4v) is 2.12. The summed E-state index contributed by atoms with van der Waals surface area (Å²) in [5, 5.41) is 10.1. The van der Waals surface area contributed by atoms with Crippen molar-refractivity contribution in [1.82, 2.24) is 10.2 Å². The minimum atomic E-state index is -4.55. The van der Waals surface area contributed by atoms with Crippen LogP contribution in [0.4, 0.5) is 26.3 Å². The van der Waals surface area contributed by atoms with Crippen molar-refractivity contribution in [1.29, 1.82) is 5.41 Å². The third kappa shape index (κ3) is 8.85. The lowest BCUT2D eigenvalue weighted by Gasteiger charge is -2.32. The number of hydrogen-bond acceptors (Lipinski definition) is 5. The van der Waals surface area contributed by atoms with Crippen molar-refractivity contribution >= 4 is 5.90 Å². The van der Waals surface area contributed by atoms with Gasteiger partial charge in [0.15, 0.2) is 6.61 Å². The maximum atomic E-state index is 12.1. The smallest absolute Gasteiger partial charge is 0.422 e. The van der Waals surface area contributed by atoms with Crippen LogP contribution in [-0.4, -0.2) is 55.4 Å². The van der Waals surface area contributed by atoms with E-state index in [1.54, 1.807) is 4.90 Å². The summed E-state index contributed by atoms with van der Waals surface area (Å²) in [5.41, 5.74) is 5.15. The van der Waals surface area contributed by atoms with Gasteiger partial charge in [0, 0.05) is 31.9 Å². The maximum absolute atomic E-state index is 12.1. The van der Waals surface area contributed by atoms with Gasteiger partial charge in [-0.15, -0.1) is 0 Å². The molecule has 0 saturated carbocycles. The molecule has 0 unspecified atom stereocenters. The highest BCUT2D eigenvalue weighted by Crippen LogP contribution is 2.21. The second-order valence-electron chi connectivity index (χ2n) is 5.48. The lowest BCUT2D eigenvalue weighted by Crippen LogP contribution is -2.42. The molecule has 1 aliphatic heterocycles. The Hall–Kier alpha value is -1.65. The van der Waals surface area contributed by atoms with E-state index in [0.29, 0.717) is 25.9 Å². The third-order valence-electron chi connectivity index (χ3n) is 3.42. The highest BCUT2D eigenvalue weighted by atomic mass is 19.4. The molecular weight excluding hydrogens is 342 g/mol. The monoisotopic (exact) mass is 362 g/mol. The number of rotatable bonds is 6. The van der Waals surface area contributed by atoms with Crippen molar-refractivity contribution in [3.63, 3.8) is 0 Å². The average Bonchev–Trinajstić information content (AvgIpc) is 2.47. The molecule has 0 aromatic rings. The van der Waals surface area contributed by atoms with E-state index in [-0.39, 0.29) is 18.3 Å². The number of alkyl halides is 6. The molecule has 1 rings (SSSR count). The van der Waals surface area contributed by atoms with Crippen molar-refractivity contribution < 1.29 is 31.1 Å². The van der Waals surface area contributed by atoms with Gasteiger partial charge in [0.2, 0.25) is 5.90 Å². The summed E-state index contributed by atoms with van der Waals surface area (Å²) in [6.07, 6.45) is -7.26. The number of nitrogens with two attached hydrogens (primary N) is 1. The number of nitrogens with zero attached hydrogens (tertiary/aromatic N) is 1. The molecule has 0 aromatic carbocycles. The molecule has 0 atom stereocenters. The lowest BCUT2D eigenvalue weighted by molar-refractivity contribution is -0.156. The first-order valence-corrected chi connectivity index (χ1v) is 7.25. The van der Waals surface area contributed by atoms with Gasteiger partial charge in [-0.25, -0.2) is 0 Å². The number of likely N-dealkylation sites (tertiary alicyclic amines) is 1. The predicted molar refractivity (Wildman–Crippen MR) is 75.3 cm³/mol. The SMILES string of the molecule is N=C(OCC(F)(F)F)/C(N)=C\NC1CCN(CCC(F)(F)F)CC1. The normalized spacial score (nSPS) is 18.5. The molecule has 1 aliphatic rings. The van der Waals surface area contributed by atoms with Crippen molar-refractivity contribution in [2.45, 2.75) is 37.7 Å². The van der Waals surface area contributed by atoms with Crippen LogP contribution in [0, 0.1) is 5.41 Å². The minimum Gasteiger partial charge on any atom is -0.467 e. The van der Waals surface area contributed by atoms with E-state index in [4.69, 9.17) is 11.1 Å². The highest BCUT2D eigenvalue weighted by molar-refractivity contribution is 5.89. The van der Waals surface area contributed by atoms with Gasteiger partial charge >= 0.3 is 12.4 Å². The first kappa shape index (κ1) is 20.4. The molecule has 0 spiro atoms. The average molecular weight is 362 g/mol. The summed E-state index contributed by atoms with van der Waals surface area (Å²) in [5.74, 6) is -0.789. The van der Waals surface area contributed by atoms with Gasteiger partial charge in [-0.2, -0.15) is 26.3 Å². The molecule has 0 aliphatic carbocycles. The molecule has 0 amide bonds. The molecular formula is C13H20F6N4O. The van der Waals surface area contributed by atoms with Crippen LogP contribution in [0.25, 0.3) is 0 Å². The van der Waals surface area contributed by atoms with Gasteiger partial charge in [0.1, 0.15) is 5.70 Å². The molecule has 0 aromatic heterocycles. The second-order valence-corrected chi connectivity index (χ2v) is 5.48. The van der Waals surface area contributed by atoms with Crippen LogP contribution < -0.4 is 11.1 Å². The minimum absolute atomic E-state index is 0.0515. The Morgan fingerprint density at radius 3 is 2.25 bits per heavy atom. The fourth-order valence-electron chi connectivity index (χ4n) is 2.12. The molecule has 140 valence electrons. The second kappa shape index (κ2) is 8.45. The van der Waals surface area contributed by atoms with Crippen LogP contribution in [-0.2, 0) is 4.74 Å². The van der Waals surface area contributed by atoms with E-state index >= 15 is 0 Å². The van der Waals surface area contributed by atoms with Crippen molar-refractivity contribution in [3.8, 4) is 0 Å². The van der Waals surface area contributed by atoms with Crippen molar-refractivity contribution in [2.24, 2.45) is 5.73 Å². The summed E-state index contributed by atoms with van der Waals surface area (Å²) >= 11 is 0. The summed E-state index contributed by atoms with van der Waals surface area (Å²) in [7, 11) is 0. The first-order valence-electron chi connectivity index (χ1n) is 7.25. The Bertz CT molecular complexity index is 441. The summed E-state index contributed by atoms with van der Waals surface area (Å²) < 4.78 is 76.5. The molecule has 24 heavy (non-hydrogen) atoms. The Labute approximate surface area is 135 Å². The quantitative estimate of drug-likeness (QED) is 0.385. The molecule has 1 fully saturated rings. The summed E-state index contributed by atoms with van der Waals surface area (Å²) in [4.78, 5) is 1.70. The van der Waals surface area contributed by atoms with Gasteiger partial charge < -0.3 is 20.7 Å². The van der Waals surface area contributed by atoms with E-state index in [0.717, 1.165) is 0 Å². The zero-order valence-corrected chi connectivity index (χ0v) is 12.8. The Kier molecular flexibility index (Phi) is 7.18. The van der Waals surface area contributed by atoms with Crippen LogP contribution >= 0.6 is 0 Å². The van der Waals surface area contributed by atoms with E-state index in [1.807, 2.05) is 0 Å². The van der Waals surface area contributed by atoms with Crippen LogP contribution in [0.2, 0.25) is 0 Å². The number of ether oxygens (including phenoxy) is 1. The highest BCUT2D eigenvalue weighted by Gasteiger charge is 2.30. The fraction of sp³-hybridized carbons (Fsp3) is 0.769. The molecule has 0 bridgehead atoms. The number of halogens is 6. The lowest BCUT2D eigenvalue weighted by atomic mass is 10.1. The third-order valence-corrected chi connectivity index (χ3v) is 3.42. The van der Waals surface area contributed by atoms with Crippen LogP contribution in [0.3, 0.4) is 0 Å². The number of piperidine rings is 1. The molecule has 0 radical (unpaired) electrons. The van der Waals surface area contributed by atoms with Gasteiger partial charge in [0.25, 0.3) is 0 Å². The topological polar surface area (TPSA) is 74.4 Å². The maximum Gasteiger partial charge on any atom is 0.422 e. The van der Waals surface area contributed by atoms with Gasteiger partial charge in [-0.1, -0.05) is 0 Å². The van der Waals surface area contributed by atoms with Crippen LogP contribution in [0.15, 0.2) is 11.9 Å². The molecule has 1 saturated heterocycles. The van der Waals surface area contributed by atoms with E-state index in [2.05, 4.69) is 10.1 Å². The molecule has 4 N–H and O–H groups in total. The Balaban J connectivity index is 2.30. The summed E-state index contributed by atoms with van der Waals surface area (Å²) in [6.45, 7) is -0.699. The Morgan fingerprint density at radius 1 is 1.17 bits per heavy atom. The molecule has 11 heteroatoms.